The molecule has 29 heavy (non-hydrogen) atoms. The van der Waals surface area contributed by atoms with Gasteiger partial charge in [0.15, 0.2) is 6.61 Å². The molecule has 0 radical (unpaired) electrons. The molecule has 0 fully saturated rings. The van der Waals surface area contributed by atoms with Crippen molar-refractivity contribution in [1.29, 1.82) is 0 Å². The van der Waals surface area contributed by atoms with Crippen LogP contribution in [-0.2, 0) is 17.9 Å². The number of para-hydroxylation sites is 1. The molecule has 1 N–H and O–H groups in total. The summed E-state index contributed by atoms with van der Waals surface area (Å²) >= 11 is 1.60. The van der Waals surface area contributed by atoms with Gasteiger partial charge in [-0.15, -0.1) is 21.5 Å². The average Bonchev–Trinajstić information content (AvgIpc) is 3.44. The molecule has 0 saturated heterocycles. The van der Waals surface area contributed by atoms with Crippen LogP contribution < -0.4 is 10.1 Å². The summed E-state index contributed by atoms with van der Waals surface area (Å²) in [6.07, 6.45) is 0. The second kappa shape index (κ2) is 9.11. The maximum atomic E-state index is 12.6. The summed E-state index contributed by atoms with van der Waals surface area (Å²) < 4.78 is 5.60. The van der Waals surface area contributed by atoms with Crippen LogP contribution in [0.4, 0.5) is 0 Å². The summed E-state index contributed by atoms with van der Waals surface area (Å²) in [5, 5.41) is 17.2. The number of amides is 1. The first-order valence-electron chi connectivity index (χ1n) is 9.10. The van der Waals surface area contributed by atoms with Crippen LogP contribution in [0.1, 0.15) is 22.3 Å². The molecule has 1 atom stereocenters. The largest absolute Gasteiger partial charge is 0.485 e. The number of aromatic nitrogens is 4. The molecule has 0 aliphatic heterocycles. The van der Waals surface area contributed by atoms with Crippen LogP contribution in [0.25, 0.3) is 0 Å². The molecule has 0 saturated carbocycles. The lowest BCUT2D eigenvalue weighted by molar-refractivity contribution is -0.122. The molecule has 0 bridgehead atoms. The van der Waals surface area contributed by atoms with Gasteiger partial charge in [0.1, 0.15) is 12.3 Å². The van der Waals surface area contributed by atoms with Gasteiger partial charge in [-0.1, -0.05) is 54.6 Å². The number of carbonyl (C=O) groups excluding carboxylic acids is 1. The molecule has 146 valence electrons. The lowest BCUT2D eigenvalue weighted by Crippen LogP contribution is -2.32. The first-order valence-corrected chi connectivity index (χ1v) is 9.98. The van der Waals surface area contributed by atoms with Crippen molar-refractivity contribution in [2.75, 3.05) is 0 Å². The molecule has 2 aromatic heterocycles. The summed E-state index contributed by atoms with van der Waals surface area (Å²) in [7, 11) is 0. The summed E-state index contributed by atoms with van der Waals surface area (Å²) in [6, 6.07) is 23.0. The third-order valence-corrected chi connectivity index (χ3v) is 5.09. The van der Waals surface area contributed by atoms with Gasteiger partial charge < -0.3 is 10.1 Å². The Bertz CT molecular complexity index is 1040. The van der Waals surface area contributed by atoms with Gasteiger partial charge in [-0.3, -0.25) is 4.79 Å². The van der Waals surface area contributed by atoms with Crippen molar-refractivity contribution in [2.24, 2.45) is 0 Å². The summed E-state index contributed by atoms with van der Waals surface area (Å²) in [5.41, 5.74) is 1.02. The van der Waals surface area contributed by atoms with Crippen LogP contribution in [-0.4, -0.2) is 26.1 Å². The van der Waals surface area contributed by atoms with E-state index >= 15 is 0 Å². The Morgan fingerprint density at radius 2 is 1.79 bits per heavy atom. The normalized spacial score (nSPS) is 11.7. The molecule has 1 unspecified atom stereocenters. The summed E-state index contributed by atoms with van der Waals surface area (Å²) in [4.78, 5) is 14.9. The Balaban J connectivity index is 1.38. The summed E-state index contributed by atoms with van der Waals surface area (Å²) in [6.45, 7) is 0.167. The average molecular weight is 405 g/mol. The van der Waals surface area contributed by atoms with Gasteiger partial charge >= 0.3 is 0 Å². The first-order chi connectivity index (χ1) is 14.3. The van der Waals surface area contributed by atoms with Crippen LogP contribution in [0.3, 0.4) is 0 Å². The van der Waals surface area contributed by atoms with Crippen molar-refractivity contribution in [3.63, 3.8) is 0 Å². The third kappa shape index (κ3) is 5.05. The van der Waals surface area contributed by atoms with Crippen LogP contribution in [0.5, 0.6) is 5.75 Å². The Morgan fingerprint density at radius 3 is 2.52 bits per heavy atom. The highest BCUT2D eigenvalue weighted by molar-refractivity contribution is 7.10. The molecule has 0 aliphatic carbocycles. The molecular formula is C21H19N5O2S. The van der Waals surface area contributed by atoms with E-state index in [1.54, 1.807) is 11.3 Å². The number of hydrogen-bond acceptors (Lipinski definition) is 6. The van der Waals surface area contributed by atoms with E-state index < -0.39 is 0 Å². The molecular weight excluding hydrogens is 386 g/mol. The second-order valence-corrected chi connectivity index (χ2v) is 7.24. The van der Waals surface area contributed by atoms with E-state index in [4.69, 9.17) is 4.74 Å². The van der Waals surface area contributed by atoms with Crippen molar-refractivity contribution >= 4 is 17.2 Å². The third-order valence-electron chi connectivity index (χ3n) is 4.16. The molecule has 7 nitrogen and oxygen atoms in total. The molecule has 2 heterocycles. The number of rotatable bonds is 8. The maximum absolute atomic E-state index is 12.6. The zero-order valence-electron chi connectivity index (χ0n) is 15.5. The van der Waals surface area contributed by atoms with E-state index in [-0.39, 0.29) is 25.1 Å². The number of benzene rings is 2. The zero-order valence-corrected chi connectivity index (χ0v) is 16.3. The molecule has 0 spiro atoms. The summed E-state index contributed by atoms with van der Waals surface area (Å²) in [5.74, 6) is 0.947. The first kappa shape index (κ1) is 18.8. The smallest absolute Gasteiger partial charge is 0.244 e. The van der Waals surface area contributed by atoms with Crippen molar-refractivity contribution in [2.45, 2.75) is 19.2 Å². The maximum Gasteiger partial charge on any atom is 0.244 e. The minimum absolute atomic E-state index is 0.0208. The second-order valence-electron chi connectivity index (χ2n) is 6.26. The molecule has 8 heteroatoms. The minimum atomic E-state index is -0.215. The van der Waals surface area contributed by atoms with Crippen molar-refractivity contribution in [3.05, 3.63) is 94.4 Å². The quantitative estimate of drug-likeness (QED) is 0.487. The van der Waals surface area contributed by atoms with Crippen molar-refractivity contribution in [3.8, 4) is 5.75 Å². The van der Waals surface area contributed by atoms with Gasteiger partial charge in [0.05, 0.1) is 6.04 Å². The van der Waals surface area contributed by atoms with E-state index in [1.165, 1.54) is 4.80 Å². The number of thiophene rings is 1. The highest BCUT2D eigenvalue weighted by Gasteiger charge is 2.18. The Kier molecular flexibility index (Phi) is 5.92. The molecule has 4 aromatic rings. The van der Waals surface area contributed by atoms with Gasteiger partial charge in [-0.05, 0) is 34.4 Å². The number of carbonyl (C=O) groups is 1. The fourth-order valence-corrected chi connectivity index (χ4v) is 3.62. The lowest BCUT2D eigenvalue weighted by atomic mass is 10.1. The fraction of sp³-hybridized carbons (Fsp3) is 0.143. The van der Waals surface area contributed by atoms with Gasteiger partial charge in [-0.2, -0.15) is 4.80 Å². The number of nitrogens with one attached hydrogen (secondary N) is 1. The van der Waals surface area contributed by atoms with Gasteiger partial charge in [0.25, 0.3) is 0 Å². The SMILES string of the molecule is O=C(Cn1nnc(COc2ccccc2)n1)NC(c1ccccc1)c1cccs1. The Hall–Kier alpha value is -3.52. The molecule has 2 aromatic carbocycles. The fourth-order valence-electron chi connectivity index (χ4n) is 2.82. The van der Waals surface area contributed by atoms with Crippen LogP contribution in [0.15, 0.2) is 78.2 Å². The molecule has 1 amide bonds. The standard InChI is InChI=1S/C21H19N5O2S/c27-20(22-21(18-12-7-13-29-18)16-8-3-1-4-9-16)14-26-24-19(23-25-26)15-28-17-10-5-2-6-11-17/h1-13,21H,14-15H2,(H,22,27). The molecule has 4 rings (SSSR count). The highest BCUT2D eigenvalue weighted by Crippen LogP contribution is 2.25. The minimum Gasteiger partial charge on any atom is -0.485 e. The number of ether oxygens (including phenoxy) is 1. The number of tetrazole rings is 1. The molecule has 0 aliphatic rings. The Labute approximate surface area is 172 Å². The van der Waals surface area contributed by atoms with Gasteiger partial charge in [0.2, 0.25) is 11.7 Å². The van der Waals surface area contributed by atoms with E-state index in [9.17, 15) is 4.79 Å². The lowest BCUT2D eigenvalue weighted by Gasteiger charge is -2.17. The predicted octanol–water partition coefficient (Wildman–Crippen LogP) is 3.22. The number of nitrogens with zero attached hydrogens (tertiary/aromatic N) is 4. The van der Waals surface area contributed by atoms with Crippen LogP contribution in [0.2, 0.25) is 0 Å². The van der Waals surface area contributed by atoms with Gasteiger partial charge in [-0.25, -0.2) is 0 Å². The number of hydrogen-bond donors (Lipinski definition) is 1. The topological polar surface area (TPSA) is 81.9 Å². The van der Waals surface area contributed by atoms with Crippen molar-refractivity contribution in [1.82, 2.24) is 25.5 Å². The monoisotopic (exact) mass is 405 g/mol. The van der Waals surface area contributed by atoms with E-state index in [1.807, 2.05) is 78.2 Å². The zero-order chi connectivity index (χ0) is 19.9. The predicted molar refractivity (Wildman–Crippen MR) is 109 cm³/mol. The van der Waals surface area contributed by atoms with E-state index in [0.717, 1.165) is 16.2 Å². The Morgan fingerprint density at radius 1 is 1.03 bits per heavy atom. The highest BCUT2D eigenvalue weighted by atomic mass is 32.1. The van der Waals surface area contributed by atoms with Gasteiger partial charge in [0, 0.05) is 4.88 Å². The van der Waals surface area contributed by atoms with Crippen molar-refractivity contribution < 1.29 is 9.53 Å². The van der Waals surface area contributed by atoms with E-state index in [0.29, 0.717) is 5.82 Å². The van der Waals surface area contributed by atoms with E-state index in [2.05, 4.69) is 20.7 Å². The van der Waals surface area contributed by atoms with Crippen LogP contribution >= 0.6 is 11.3 Å². The van der Waals surface area contributed by atoms with Crippen LogP contribution in [0, 0.1) is 0 Å².